The first kappa shape index (κ1) is 49.5. The normalized spacial score (nSPS) is 13.3. The molecule has 2 heteroatoms. The molecule has 2 aliphatic carbocycles. The Morgan fingerprint density at radius 1 is 0.244 bits per heavy atom. The zero-order valence-corrected chi connectivity index (χ0v) is 47.2. The van der Waals surface area contributed by atoms with Crippen LogP contribution in [0.4, 0.5) is 17.1 Å². The summed E-state index contributed by atoms with van der Waals surface area (Å²) in [5, 5.41) is 4.84. The van der Waals surface area contributed by atoms with Crippen molar-refractivity contribution in [3.8, 4) is 50.2 Å². The van der Waals surface area contributed by atoms with Crippen LogP contribution in [0.25, 0.3) is 82.8 Å². The minimum absolute atomic E-state index is 0.515. The average Bonchev–Trinajstić information content (AvgIpc) is 1.57. The van der Waals surface area contributed by atoms with Gasteiger partial charge in [0.2, 0.25) is 0 Å². The van der Waals surface area contributed by atoms with Crippen LogP contribution in [0.5, 0.6) is 0 Å². The van der Waals surface area contributed by atoms with Gasteiger partial charge in [-0.15, -0.1) is 0 Å². The molecule has 86 heavy (non-hydrogen) atoms. The predicted molar refractivity (Wildman–Crippen MR) is 358 cm³/mol. The number of benzene rings is 14. The van der Waals surface area contributed by atoms with Crippen molar-refractivity contribution in [2.75, 3.05) is 4.90 Å². The molecule has 0 fully saturated rings. The van der Waals surface area contributed by atoms with Gasteiger partial charge in [0.05, 0.1) is 27.6 Å². The van der Waals surface area contributed by atoms with E-state index in [0.29, 0.717) is 0 Å². The van der Waals surface area contributed by atoms with Gasteiger partial charge in [0.25, 0.3) is 0 Å². The minimum atomic E-state index is -0.538. The molecule has 0 saturated carbocycles. The van der Waals surface area contributed by atoms with Gasteiger partial charge in [-0.1, -0.05) is 285 Å². The Balaban J connectivity index is 0.807. The topological polar surface area (TPSA) is 8.17 Å². The van der Waals surface area contributed by atoms with Gasteiger partial charge in [-0.3, -0.25) is 0 Å². The second kappa shape index (κ2) is 19.8. The van der Waals surface area contributed by atoms with Crippen LogP contribution < -0.4 is 4.90 Å². The molecule has 0 radical (unpaired) electrons. The van der Waals surface area contributed by atoms with E-state index in [2.05, 4.69) is 349 Å². The molecule has 17 rings (SSSR count). The van der Waals surface area contributed by atoms with E-state index in [1.165, 1.54) is 110 Å². The van der Waals surface area contributed by atoms with Crippen LogP contribution in [0.15, 0.2) is 340 Å². The third kappa shape index (κ3) is 7.33. The van der Waals surface area contributed by atoms with Crippen molar-refractivity contribution in [1.29, 1.82) is 0 Å². The molecule has 1 heterocycles. The second-order valence-corrected chi connectivity index (χ2v) is 23.0. The first-order chi connectivity index (χ1) is 42.7. The smallest absolute Gasteiger partial charge is 0.0714 e. The standard InChI is InChI=1S/C84H56N2/c1-5-26-60(27-6-1)83(61-28-7-2-8-29-61)76-40-20-17-37-70(76)72-52-49-65(55-78(72)83)85(80-43-23-25-57-24-13-14-36-69(57)80)64-47-44-58(45-48-64)67-34-15-16-35-68(67)59-46-51-75-74-39-19-22-42-81(74)86(82(75)54-59)66-50-53-73-71-38-18-21-41-77(71)84(79(73)56-66,62-30-9-3-10-31-62)63-32-11-4-12-33-63/h1-56H. The summed E-state index contributed by atoms with van der Waals surface area (Å²) in [6.45, 7) is 0. The summed E-state index contributed by atoms with van der Waals surface area (Å²) in [5.74, 6) is 0. The lowest BCUT2D eigenvalue weighted by molar-refractivity contribution is 0.767. The summed E-state index contributed by atoms with van der Waals surface area (Å²) in [6, 6.07) is 126. The van der Waals surface area contributed by atoms with Crippen LogP contribution >= 0.6 is 0 Å². The molecule has 0 spiro atoms. The maximum Gasteiger partial charge on any atom is 0.0714 e. The van der Waals surface area contributed by atoms with Gasteiger partial charge in [0.1, 0.15) is 0 Å². The molecule has 0 bridgehead atoms. The van der Waals surface area contributed by atoms with Gasteiger partial charge < -0.3 is 9.47 Å². The highest BCUT2D eigenvalue weighted by Crippen LogP contribution is 2.59. The van der Waals surface area contributed by atoms with Crippen molar-refractivity contribution in [2.24, 2.45) is 0 Å². The molecule has 1 aromatic heterocycles. The van der Waals surface area contributed by atoms with Gasteiger partial charge in [0, 0.05) is 33.2 Å². The van der Waals surface area contributed by atoms with Crippen LogP contribution in [0.3, 0.4) is 0 Å². The Kier molecular flexibility index (Phi) is 11.4. The van der Waals surface area contributed by atoms with Crippen LogP contribution in [0.1, 0.15) is 44.5 Å². The van der Waals surface area contributed by atoms with E-state index >= 15 is 0 Å². The number of fused-ring (bicyclic) bond motifs is 10. The molecule has 0 amide bonds. The zero-order chi connectivity index (χ0) is 56.8. The van der Waals surface area contributed by atoms with E-state index in [-0.39, 0.29) is 0 Å². The highest BCUT2D eigenvalue weighted by molar-refractivity contribution is 6.11. The highest BCUT2D eigenvalue weighted by Gasteiger charge is 2.48. The van der Waals surface area contributed by atoms with Crippen molar-refractivity contribution < 1.29 is 0 Å². The number of para-hydroxylation sites is 1. The van der Waals surface area contributed by atoms with Crippen LogP contribution in [0, 0.1) is 0 Å². The van der Waals surface area contributed by atoms with E-state index in [9.17, 15) is 0 Å². The summed E-state index contributed by atoms with van der Waals surface area (Å²) < 4.78 is 2.50. The molecule has 0 saturated heterocycles. The first-order valence-corrected chi connectivity index (χ1v) is 29.9. The fraction of sp³-hybridized carbons (Fsp3) is 0.0238. The highest BCUT2D eigenvalue weighted by atomic mass is 15.1. The van der Waals surface area contributed by atoms with Crippen molar-refractivity contribution in [1.82, 2.24) is 4.57 Å². The monoisotopic (exact) mass is 1090 g/mol. The number of hydrogen-bond acceptors (Lipinski definition) is 1. The van der Waals surface area contributed by atoms with Gasteiger partial charge >= 0.3 is 0 Å². The number of aromatic nitrogens is 1. The summed E-state index contributed by atoms with van der Waals surface area (Å²) in [6.07, 6.45) is 0. The number of anilines is 3. The van der Waals surface area contributed by atoms with E-state index in [1.807, 2.05) is 0 Å². The molecule has 0 atom stereocenters. The Hall–Kier alpha value is -11.1. The molecular formula is C84H56N2. The van der Waals surface area contributed by atoms with E-state index in [4.69, 9.17) is 0 Å². The number of nitrogens with zero attached hydrogens (tertiary/aromatic N) is 2. The van der Waals surface area contributed by atoms with Gasteiger partial charge in [0.15, 0.2) is 0 Å². The molecule has 0 N–H and O–H groups in total. The molecule has 14 aromatic carbocycles. The molecule has 402 valence electrons. The summed E-state index contributed by atoms with van der Waals surface area (Å²) >= 11 is 0. The van der Waals surface area contributed by atoms with Gasteiger partial charge in [-0.2, -0.15) is 0 Å². The molecule has 2 nitrogen and oxygen atoms in total. The van der Waals surface area contributed by atoms with Crippen molar-refractivity contribution in [3.05, 3.63) is 384 Å². The summed E-state index contributed by atoms with van der Waals surface area (Å²) in [5.41, 5.74) is 25.6. The van der Waals surface area contributed by atoms with Gasteiger partial charge in [-0.25, -0.2) is 0 Å². The molecule has 0 unspecified atom stereocenters. The van der Waals surface area contributed by atoms with E-state index < -0.39 is 10.8 Å². The third-order valence-corrected chi connectivity index (χ3v) is 18.8. The predicted octanol–water partition coefficient (Wildman–Crippen LogP) is 21.5. The fourth-order valence-electron chi connectivity index (χ4n) is 15.2. The van der Waals surface area contributed by atoms with E-state index in [1.54, 1.807) is 0 Å². The van der Waals surface area contributed by atoms with E-state index in [0.717, 1.165) is 33.9 Å². The van der Waals surface area contributed by atoms with Crippen LogP contribution in [-0.4, -0.2) is 4.57 Å². The van der Waals surface area contributed by atoms with Crippen LogP contribution in [0.2, 0.25) is 0 Å². The van der Waals surface area contributed by atoms with Gasteiger partial charge in [-0.05, 0) is 149 Å². The molecular weight excluding hydrogens is 1040 g/mol. The second-order valence-electron chi connectivity index (χ2n) is 23.0. The van der Waals surface area contributed by atoms with Crippen LogP contribution in [-0.2, 0) is 10.8 Å². The van der Waals surface area contributed by atoms with Crippen molar-refractivity contribution in [3.63, 3.8) is 0 Å². The quantitative estimate of drug-likeness (QED) is 0.132. The Morgan fingerprint density at radius 3 is 1.28 bits per heavy atom. The average molecular weight is 1090 g/mol. The minimum Gasteiger partial charge on any atom is -0.310 e. The first-order valence-electron chi connectivity index (χ1n) is 29.9. The number of rotatable bonds is 10. The zero-order valence-electron chi connectivity index (χ0n) is 47.2. The lowest BCUT2D eigenvalue weighted by atomic mass is 9.67. The fourth-order valence-corrected chi connectivity index (χ4v) is 15.2. The number of hydrogen-bond donors (Lipinski definition) is 0. The molecule has 15 aromatic rings. The molecule has 0 aliphatic heterocycles. The summed E-state index contributed by atoms with van der Waals surface area (Å²) in [4.78, 5) is 2.47. The van der Waals surface area contributed by atoms with Crippen molar-refractivity contribution >= 4 is 49.6 Å². The SMILES string of the molecule is c1ccc(C2(c3ccccc3)c3ccccc3-c3ccc(N(c4ccc(-c5ccccc5-c5ccc6c7ccccc7n(-c7ccc8c(c7)C(c7ccccc7)(c7ccccc7)c7ccccc7-8)c6c5)cc4)c4cccc5ccccc45)cc32)cc1. The largest absolute Gasteiger partial charge is 0.310 e. The summed E-state index contributed by atoms with van der Waals surface area (Å²) in [7, 11) is 0. The lowest BCUT2D eigenvalue weighted by Gasteiger charge is -2.35. The maximum atomic E-state index is 2.50. The third-order valence-electron chi connectivity index (χ3n) is 18.8. The lowest BCUT2D eigenvalue weighted by Crippen LogP contribution is -2.28. The maximum absolute atomic E-state index is 2.50. The van der Waals surface area contributed by atoms with Crippen molar-refractivity contribution in [2.45, 2.75) is 10.8 Å². The molecule has 2 aliphatic rings. The Labute approximate surface area is 501 Å². The Morgan fingerprint density at radius 2 is 0.674 bits per heavy atom. The Bertz CT molecular complexity index is 5010.